The Morgan fingerprint density at radius 2 is 2.19 bits per heavy atom. The Morgan fingerprint density at radius 1 is 1.38 bits per heavy atom. The zero-order chi connectivity index (χ0) is 15.0. The van der Waals surface area contributed by atoms with Crippen LogP contribution in [0.3, 0.4) is 0 Å². The number of benzene rings is 1. The summed E-state index contributed by atoms with van der Waals surface area (Å²) in [6, 6.07) is 6.15. The van der Waals surface area contributed by atoms with Gasteiger partial charge in [0.25, 0.3) is 11.2 Å². The molecule has 0 saturated heterocycles. The second kappa shape index (κ2) is 5.27. The number of thiophene rings is 1. The molecule has 3 rings (SSSR count). The number of hydrogen-bond acceptors (Lipinski definition) is 5. The van der Waals surface area contributed by atoms with Gasteiger partial charge in [-0.2, -0.15) is 0 Å². The molecular weight excluding hydrogens is 314 g/mol. The Morgan fingerprint density at radius 3 is 2.95 bits per heavy atom. The molecule has 0 atom stereocenters. The van der Waals surface area contributed by atoms with Crippen LogP contribution in [0.4, 0.5) is 5.69 Å². The number of halogens is 1. The van der Waals surface area contributed by atoms with E-state index in [-0.39, 0.29) is 22.8 Å². The summed E-state index contributed by atoms with van der Waals surface area (Å²) < 4.78 is 1.89. The summed E-state index contributed by atoms with van der Waals surface area (Å²) in [5.74, 6) is 0. The lowest BCUT2D eigenvalue weighted by Crippen LogP contribution is -2.20. The molecule has 0 aliphatic carbocycles. The molecule has 21 heavy (non-hydrogen) atoms. The first kappa shape index (κ1) is 13.7. The third-order valence-electron chi connectivity index (χ3n) is 3.02. The first-order chi connectivity index (χ1) is 10.1. The van der Waals surface area contributed by atoms with Gasteiger partial charge in [-0.3, -0.25) is 19.5 Å². The van der Waals surface area contributed by atoms with Crippen LogP contribution in [0.5, 0.6) is 0 Å². The van der Waals surface area contributed by atoms with Crippen LogP contribution in [0.15, 0.2) is 40.8 Å². The molecule has 0 unspecified atom stereocenters. The number of nitro groups is 1. The number of aromatic nitrogens is 2. The third kappa shape index (κ3) is 2.53. The minimum atomic E-state index is -0.511. The van der Waals surface area contributed by atoms with Gasteiger partial charge >= 0.3 is 0 Å². The third-order valence-corrected chi connectivity index (χ3v) is 4.15. The van der Waals surface area contributed by atoms with Crippen LogP contribution in [0.2, 0.25) is 5.02 Å². The normalized spacial score (nSPS) is 10.9. The van der Waals surface area contributed by atoms with Crippen molar-refractivity contribution in [2.45, 2.75) is 6.54 Å². The fraction of sp³-hybridized carbons (Fsp3) is 0.0769. The molecule has 6 nitrogen and oxygen atoms in total. The van der Waals surface area contributed by atoms with Gasteiger partial charge in [0.15, 0.2) is 0 Å². The number of hydrogen-bond donors (Lipinski definition) is 0. The zero-order valence-electron chi connectivity index (χ0n) is 10.5. The molecule has 1 aromatic carbocycles. The van der Waals surface area contributed by atoms with Crippen molar-refractivity contribution in [2.75, 3.05) is 0 Å². The van der Waals surface area contributed by atoms with Crippen molar-refractivity contribution in [3.05, 3.63) is 67.0 Å². The molecule has 0 saturated carbocycles. The largest absolute Gasteiger partial charge is 0.293 e. The molecule has 0 radical (unpaired) electrons. The molecule has 3 aromatic rings. The number of nitro benzene ring substituents is 1. The van der Waals surface area contributed by atoms with Gasteiger partial charge in [0.1, 0.15) is 4.70 Å². The summed E-state index contributed by atoms with van der Waals surface area (Å²) in [4.78, 5) is 27.0. The number of nitrogens with zero attached hydrogens (tertiary/aromatic N) is 3. The molecule has 8 heteroatoms. The summed E-state index contributed by atoms with van der Waals surface area (Å²) in [6.45, 7) is 0.0765. The standard InChI is InChI=1S/C13H8ClN3O3S/c14-9-2-1-8(11(5-9)17(19)20)6-16-7-15-10-3-4-21-12(10)13(16)18/h1-5,7H,6H2. The molecule has 0 N–H and O–H groups in total. The van der Waals surface area contributed by atoms with Crippen molar-refractivity contribution in [1.29, 1.82) is 0 Å². The highest BCUT2D eigenvalue weighted by Crippen LogP contribution is 2.24. The van der Waals surface area contributed by atoms with Crippen LogP contribution >= 0.6 is 22.9 Å². The average molecular weight is 322 g/mol. The lowest BCUT2D eigenvalue weighted by Gasteiger charge is -2.06. The van der Waals surface area contributed by atoms with Crippen molar-refractivity contribution >= 4 is 38.8 Å². The van der Waals surface area contributed by atoms with Crippen molar-refractivity contribution in [1.82, 2.24) is 9.55 Å². The predicted molar refractivity (Wildman–Crippen MR) is 81.1 cm³/mol. The van der Waals surface area contributed by atoms with Crippen molar-refractivity contribution in [3.8, 4) is 0 Å². The molecule has 0 spiro atoms. The van der Waals surface area contributed by atoms with E-state index < -0.39 is 4.92 Å². The van der Waals surface area contributed by atoms with E-state index >= 15 is 0 Å². The summed E-state index contributed by atoms with van der Waals surface area (Å²) in [7, 11) is 0. The highest BCUT2D eigenvalue weighted by atomic mass is 35.5. The maximum atomic E-state index is 12.3. The van der Waals surface area contributed by atoms with E-state index in [4.69, 9.17) is 11.6 Å². The van der Waals surface area contributed by atoms with Gasteiger partial charge in [-0.1, -0.05) is 11.6 Å². The monoisotopic (exact) mass is 321 g/mol. The Hall–Kier alpha value is -2.25. The van der Waals surface area contributed by atoms with Crippen LogP contribution in [0, 0.1) is 10.1 Å². The molecule has 2 heterocycles. The fourth-order valence-corrected chi connectivity index (χ4v) is 2.97. The van der Waals surface area contributed by atoms with E-state index in [1.165, 1.54) is 28.3 Å². The molecule has 0 amide bonds. The number of rotatable bonds is 3. The Balaban J connectivity index is 2.08. The molecule has 0 bridgehead atoms. The maximum absolute atomic E-state index is 12.3. The molecule has 106 valence electrons. The van der Waals surface area contributed by atoms with Gasteiger partial charge in [0, 0.05) is 16.7 Å². The highest BCUT2D eigenvalue weighted by molar-refractivity contribution is 7.17. The highest BCUT2D eigenvalue weighted by Gasteiger charge is 2.16. The number of fused-ring (bicyclic) bond motifs is 1. The van der Waals surface area contributed by atoms with E-state index in [1.807, 2.05) is 0 Å². The van der Waals surface area contributed by atoms with Crippen molar-refractivity contribution < 1.29 is 4.92 Å². The fourth-order valence-electron chi connectivity index (χ4n) is 2.02. The topological polar surface area (TPSA) is 78.0 Å². The van der Waals surface area contributed by atoms with Gasteiger partial charge in [-0.15, -0.1) is 11.3 Å². The summed E-state index contributed by atoms with van der Waals surface area (Å²) in [5.41, 5.74) is 0.719. The van der Waals surface area contributed by atoms with Gasteiger partial charge in [0.2, 0.25) is 0 Å². The van der Waals surface area contributed by atoms with Crippen LogP contribution in [0.1, 0.15) is 5.56 Å². The smallest absolute Gasteiger partial charge is 0.275 e. The molecule has 0 fully saturated rings. The Bertz CT molecular complexity index is 903. The van der Waals surface area contributed by atoms with E-state index in [9.17, 15) is 14.9 Å². The molecule has 2 aromatic heterocycles. The predicted octanol–water partition coefficient (Wildman–Crippen LogP) is 3.07. The van der Waals surface area contributed by atoms with Gasteiger partial charge < -0.3 is 0 Å². The van der Waals surface area contributed by atoms with Crippen LogP contribution in [-0.2, 0) is 6.54 Å². The van der Waals surface area contributed by atoms with Crippen molar-refractivity contribution in [2.24, 2.45) is 0 Å². The van der Waals surface area contributed by atoms with Gasteiger partial charge in [-0.05, 0) is 23.6 Å². The van der Waals surface area contributed by atoms with E-state index in [2.05, 4.69) is 4.98 Å². The molecular formula is C13H8ClN3O3S. The summed E-state index contributed by atoms with van der Waals surface area (Å²) in [5, 5.41) is 13.1. The molecule has 0 aliphatic heterocycles. The minimum absolute atomic E-state index is 0.0765. The zero-order valence-corrected chi connectivity index (χ0v) is 12.1. The lowest BCUT2D eigenvalue weighted by molar-refractivity contribution is -0.385. The summed E-state index contributed by atoms with van der Waals surface area (Å²) in [6.07, 6.45) is 1.40. The van der Waals surface area contributed by atoms with Crippen molar-refractivity contribution in [3.63, 3.8) is 0 Å². The van der Waals surface area contributed by atoms with E-state index in [1.54, 1.807) is 23.6 Å². The quantitative estimate of drug-likeness (QED) is 0.548. The second-order valence-electron chi connectivity index (χ2n) is 4.34. The van der Waals surface area contributed by atoms with Crippen LogP contribution < -0.4 is 5.56 Å². The Labute approximate surface area is 127 Å². The SMILES string of the molecule is O=c1c2sccc2ncn1Cc1ccc(Cl)cc1[N+](=O)[O-]. The van der Waals surface area contributed by atoms with Gasteiger partial charge in [0.05, 0.1) is 23.3 Å². The summed E-state index contributed by atoms with van der Waals surface area (Å²) >= 11 is 7.08. The second-order valence-corrected chi connectivity index (χ2v) is 5.70. The average Bonchev–Trinajstić information content (AvgIpc) is 2.92. The van der Waals surface area contributed by atoms with Crippen LogP contribution in [0.25, 0.3) is 10.2 Å². The first-order valence-electron chi connectivity index (χ1n) is 5.92. The minimum Gasteiger partial charge on any atom is -0.293 e. The maximum Gasteiger partial charge on any atom is 0.275 e. The van der Waals surface area contributed by atoms with Crippen LogP contribution in [-0.4, -0.2) is 14.5 Å². The lowest BCUT2D eigenvalue weighted by atomic mass is 10.2. The van der Waals surface area contributed by atoms with Gasteiger partial charge in [-0.25, -0.2) is 4.98 Å². The van der Waals surface area contributed by atoms with E-state index in [0.717, 1.165) is 0 Å². The first-order valence-corrected chi connectivity index (χ1v) is 7.17. The Kier molecular flexibility index (Phi) is 3.44. The molecule has 0 aliphatic rings. The van der Waals surface area contributed by atoms with E-state index in [0.29, 0.717) is 15.8 Å².